The summed E-state index contributed by atoms with van der Waals surface area (Å²) >= 11 is 6.13. The van der Waals surface area contributed by atoms with Crippen LogP contribution in [0.5, 0.6) is 0 Å². The van der Waals surface area contributed by atoms with Crippen LogP contribution in [0.15, 0.2) is 70.7 Å². The van der Waals surface area contributed by atoms with Crippen molar-refractivity contribution in [3.05, 3.63) is 104 Å². The Hall–Kier alpha value is -2.85. The Morgan fingerprint density at radius 1 is 1.22 bits per heavy atom. The number of aryl methyl sites for hydroxylation is 2. The third-order valence-electron chi connectivity index (χ3n) is 4.69. The van der Waals surface area contributed by atoms with E-state index in [1.54, 1.807) is 19.3 Å². The summed E-state index contributed by atoms with van der Waals surface area (Å²) in [6.45, 7) is 2.02. The Balaban J connectivity index is 2.05. The fraction of sp³-hybridized carbons (Fsp3) is 0.182. The first-order valence-electron chi connectivity index (χ1n) is 8.59. The summed E-state index contributed by atoms with van der Waals surface area (Å²) in [5.41, 5.74) is 4.37. The molecule has 3 rings (SSSR count). The molecule has 0 aliphatic carbocycles. The molecule has 0 saturated carbocycles. The van der Waals surface area contributed by atoms with Crippen molar-refractivity contribution in [3.63, 3.8) is 0 Å². The zero-order valence-electron chi connectivity index (χ0n) is 15.2. The van der Waals surface area contributed by atoms with Crippen LogP contribution in [-0.4, -0.2) is 15.5 Å². The smallest absolute Gasteiger partial charge is 0.250 e. The van der Waals surface area contributed by atoms with Gasteiger partial charge in [-0.1, -0.05) is 47.1 Å². The maximum absolute atomic E-state index is 11.7. The lowest BCUT2D eigenvalue weighted by atomic mass is 9.83. The highest BCUT2D eigenvalue weighted by Gasteiger charge is 2.20. The lowest BCUT2D eigenvalue weighted by molar-refractivity contribution is 0.317. The number of hydrogen-bond donors (Lipinski definition) is 1. The topological polar surface area (TPSA) is 54.6 Å². The van der Waals surface area contributed by atoms with Crippen molar-refractivity contribution >= 4 is 17.3 Å². The van der Waals surface area contributed by atoms with Gasteiger partial charge >= 0.3 is 0 Å². The molecule has 0 amide bonds. The minimum absolute atomic E-state index is 0.0278. The lowest BCUT2D eigenvalue weighted by Gasteiger charge is -2.21. The highest BCUT2D eigenvalue weighted by Crippen LogP contribution is 2.32. The van der Waals surface area contributed by atoms with Gasteiger partial charge in [0.1, 0.15) is 0 Å². The normalized spacial score (nSPS) is 12.8. The second-order valence-electron chi connectivity index (χ2n) is 6.50. The minimum Gasteiger partial charge on any atom is -0.411 e. The molecule has 0 spiro atoms. The van der Waals surface area contributed by atoms with Crippen molar-refractivity contribution in [2.75, 3.05) is 0 Å². The molecule has 27 heavy (non-hydrogen) atoms. The van der Waals surface area contributed by atoms with Crippen LogP contribution in [0.3, 0.4) is 0 Å². The summed E-state index contributed by atoms with van der Waals surface area (Å²) in [6, 6.07) is 19.8. The van der Waals surface area contributed by atoms with Gasteiger partial charge in [0, 0.05) is 42.2 Å². The number of aromatic nitrogens is 1. The second kappa shape index (κ2) is 8.23. The predicted octanol–water partition coefficient (Wildman–Crippen LogP) is 4.55. The zero-order chi connectivity index (χ0) is 19.4. The Labute approximate surface area is 163 Å². The molecule has 1 radical (unpaired) electrons. The molecule has 0 fully saturated rings. The van der Waals surface area contributed by atoms with Gasteiger partial charge in [-0.25, -0.2) is 0 Å². The molecule has 0 aliphatic rings. The summed E-state index contributed by atoms with van der Waals surface area (Å²) in [7, 11) is 1.68. The van der Waals surface area contributed by atoms with Crippen LogP contribution >= 0.6 is 11.6 Å². The van der Waals surface area contributed by atoms with Crippen molar-refractivity contribution in [2.45, 2.75) is 19.3 Å². The number of oxime groups is 1. The molecule has 1 aromatic heterocycles. The zero-order valence-corrected chi connectivity index (χ0v) is 15.9. The van der Waals surface area contributed by atoms with E-state index in [1.807, 2.05) is 49.4 Å². The summed E-state index contributed by atoms with van der Waals surface area (Å²) < 4.78 is 1.47. The van der Waals surface area contributed by atoms with E-state index in [4.69, 9.17) is 11.6 Å². The summed E-state index contributed by atoms with van der Waals surface area (Å²) in [5, 5.41) is 13.9. The van der Waals surface area contributed by atoms with Crippen molar-refractivity contribution in [3.8, 4) is 0 Å². The van der Waals surface area contributed by atoms with Crippen LogP contribution in [-0.2, 0) is 7.05 Å². The first-order valence-corrected chi connectivity index (χ1v) is 8.97. The van der Waals surface area contributed by atoms with Crippen LogP contribution < -0.4 is 5.56 Å². The molecule has 1 atom stereocenters. The van der Waals surface area contributed by atoms with Crippen LogP contribution in [0.2, 0.25) is 5.02 Å². The Morgan fingerprint density at radius 2 is 1.96 bits per heavy atom. The van der Waals surface area contributed by atoms with Crippen LogP contribution in [0, 0.1) is 13.0 Å². The number of pyridine rings is 1. The quantitative estimate of drug-likeness (QED) is 0.401. The Bertz CT molecular complexity index is 1030. The molecular formula is C22H20ClN2O2. The van der Waals surface area contributed by atoms with Crippen molar-refractivity contribution in [1.29, 1.82) is 0 Å². The first kappa shape index (κ1) is 18.9. The van der Waals surface area contributed by atoms with E-state index in [9.17, 15) is 10.0 Å². The molecular weight excluding hydrogens is 360 g/mol. The highest BCUT2D eigenvalue weighted by molar-refractivity contribution is 6.30. The molecule has 2 aromatic carbocycles. The Morgan fingerprint density at radius 3 is 2.59 bits per heavy atom. The van der Waals surface area contributed by atoms with Gasteiger partial charge < -0.3 is 9.77 Å². The number of hydrogen-bond acceptors (Lipinski definition) is 3. The van der Waals surface area contributed by atoms with Gasteiger partial charge in [0.05, 0.1) is 5.71 Å². The predicted molar refractivity (Wildman–Crippen MR) is 108 cm³/mol. The monoisotopic (exact) mass is 379 g/mol. The molecule has 0 saturated heterocycles. The molecule has 3 aromatic rings. The van der Waals surface area contributed by atoms with E-state index in [0.717, 1.165) is 16.7 Å². The second-order valence-corrected chi connectivity index (χ2v) is 6.94. The van der Waals surface area contributed by atoms with E-state index in [1.165, 1.54) is 10.6 Å². The molecule has 1 N–H and O–H groups in total. The maximum Gasteiger partial charge on any atom is 0.250 e. The van der Waals surface area contributed by atoms with Gasteiger partial charge in [0.2, 0.25) is 5.56 Å². The van der Waals surface area contributed by atoms with Gasteiger partial charge in [0.15, 0.2) is 0 Å². The SMILES string of the molecule is Cc1cc(Cl)ccc1C(C/C(=N\O)c1ccc(=O)n(C)c1)c1cc[c]cc1. The molecule has 0 aliphatic heterocycles. The van der Waals surface area contributed by atoms with Crippen LogP contribution in [0.1, 0.15) is 34.6 Å². The van der Waals surface area contributed by atoms with E-state index >= 15 is 0 Å². The van der Waals surface area contributed by atoms with Crippen molar-refractivity contribution < 1.29 is 5.21 Å². The fourth-order valence-corrected chi connectivity index (χ4v) is 3.47. The van der Waals surface area contributed by atoms with E-state index in [2.05, 4.69) is 11.2 Å². The standard InChI is InChI=1S/C22H20ClN2O2/c1-15-12-18(23)9-10-19(15)20(16-6-4-3-5-7-16)13-21(24-27)17-8-11-22(26)25(2)14-17/h4-12,14,20,27H,13H2,1-2H3/b24-21+. The van der Waals surface area contributed by atoms with Crippen molar-refractivity contribution in [2.24, 2.45) is 12.2 Å². The van der Waals surface area contributed by atoms with Gasteiger partial charge in [0.25, 0.3) is 0 Å². The number of halogens is 1. The summed E-state index contributed by atoms with van der Waals surface area (Å²) in [4.78, 5) is 11.7. The third-order valence-corrected chi connectivity index (χ3v) is 4.93. The highest BCUT2D eigenvalue weighted by atomic mass is 35.5. The fourth-order valence-electron chi connectivity index (χ4n) is 3.24. The van der Waals surface area contributed by atoms with E-state index in [0.29, 0.717) is 22.7 Å². The van der Waals surface area contributed by atoms with Gasteiger partial charge in [-0.15, -0.1) is 0 Å². The van der Waals surface area contributed by atoms with Crippen LogP contribution in [0.4, 0.5) is 0 Å². The van der Waals surface area contributed by atoms with E-state index < -0.39 is 0 Å². The van der Waals surface area contributed by atoms with Crippen molar-refractivity contribution in [1.82, 2.24) is 4.57 Å². The molecule has 4 nitrogen and oxygen atoms in total. The number of benzene rings is 2. The largest absolute Gasteiger partial charge is 0.411 e. The van der Waals surface area contributed by atoms with Crippen LogP contribution in [0.25, 0.3) is 0 Å². The summed E-state index contributed by atoms with van der Waals surface area (Å²) in [6.07, 6.45) is 2.16. The Kier molecular flexibility index (Phi) is 5.77. The minimum atomic E-state index is -0.111. The first-order chi connectivity index (χ1) is 13.0. The van der Waals surface area contributed by atoms with E-state index in [-0.39, 0.29) is 11.5 Å². The molecule has 137 valence electrons. The molecule has 5 heteroatoms. The molecule has 1 unspecified atom stereocenters. The lowest BCUT2D eigenvalue weighted by Crippen LogP contribution is -2.18. The van der Waals surface area contributed by atoms with Gasteiger partial charge in [-0.3, -0.25) is 4.79 Å². The average molecular weight is 380 g/mol. The molecule has 1 heterocycles. The average Bonchev–Trinajstić information content (AvgIpc) is 2.67. The van der Waals surface area contributed by atoms with Gasteiger partial charge in [-0.05, 0) is 47.9 Å². The maximum atomic E-state index is 11.7. The number of rotatable bonds is 5. The molecule has 0 bridgehead atoms. The number of nitrogens with zero attached hydrogens (tertiary/aromatic N) is 2. The third kappa shape index (κ3) is 4.29. The summed E-state index contributed by atoms with van der Waals surface area (Å²) in [5.74, 6) is -0.0278. The van der Waals surface area contributed by atoms with Gasteiger partial charge in [-0.2, -0.15) is 0 Å².